The molecule has 1 amide bonds. The van der Waals surface area contributed by atoms with Crippen LogP contribution < -0.4 is 4.74 Å². The lowest BCUT2D eigenvalue weighted by atomic mass is 9.56. The number of likely N-dealkylation sites (tertiary alicyclic amines) is 2. The molecule has 2 aliphatic heterocycles. The van der Waals surface area contributed by atoms with E-state index in [-0.39, 0.29) is 42.0 Å². The fourth-order valence-corrected chi connectivity index (χ4v) is 7.76. The maximum atomic E-state index is 15.6. The van der Waals surface area contributed by atoms with Gasteiger partial charge in [0.25, 0.3) is 0 Å². The van der Waals surface area contributed by atoms with Crippen molar-refractivity contribution >= 4 is 18.3 Å². The number of rotatable bonds is 9. The van der Waals surface area contributed by atoms with Gasteiger partial charge in [0, 0.05) is 36.5 Å². The van der Waals surface area contributed by atoms with Crippen molar-refractivity contribution in [3.05, 3.63) is 102 Å². The summed E-state index contributed by atoms with van der Waals surface area (Å²) in [6.07, 6.45) is 5.57. The molecule has 3 atom stereocenters. The third kappa shape index (κ3) is 6.38. The molecule has 0 spiro atoms. The van der Waals surface area contributed by atoms with Crippen LogP contribution in [-0.2, 0) is 16.6 Å². The van der Waals surface area contributed by atoms with Gasteiger partial charge in [0.1, 0.15) is 11.9 Å². The lowest BCUT2D eigenvalue weighted by Crippen LogP contribution is -2.47. The fourth-order valence-electron chi connectivity index (χ4n) is 7.76. The van der Waals surface area contributed by atoms with E-state index in [0.717, 1.165) is 30.7 Å². The number of benzene rings is 3. The molecule has 0 aromatic heterocycles. The predicted molar refractivity (Wildman–Crippen MR) is 169 cm³/mol. The molecule has 224 valence electrons. The van der Waals surface area contributed by atoms with Gasteiger partial charge < -0.3 is 14.5 Å². The molecular formula is C36H44ClFN2O2. The molecule has 42 heavy (non-hydrogen) atoms. The second-order valence-corrected chi connectivity index (χ2v) is 12.2. The molecule has 3 aromatic carbocycles. The Kier molecular flexibility index (Phi) is 10.2. The molecule has 0 bridgehead atoms. The van der Waals surface area contributed by atoms with Crippen LogP contribution in [0.5, 0.6) is 5.75 Å². The Morgan fingerprint density at radius 3 is 2.19 bits per heavy atom. The zero-order valence-electron chi connectivity index (χ0n) is 24.5. The number of para-hydroxylation sites is 1. The third-order valence-corrected chi connectivity index (χ3v) is 9.85. The highest BCUT2D eigenvalue weighted by molar-refractivity contribution is 5.85. The summed E-state index contributed by atoms with van der Waals surface area (Å²) in [7, 11) is 0. The van der Waals surface area contributed by atoms with Gasteiger partial charge in [0.05, 0.1) is 13.0 Å². The smallest absolute Gasteiger partial charge is 0.227 e. The van der Waals surface area contributed by atoms with Crippen molar-refractivity contribution in [1.82, 2.24) is 9.80 Å². The molecule has 6 heteroatoms. The summed E-state index contributed by atoms with van der Waals surface area (Å²) in [6, 6.07) is 29.1. The molecule has 3 fully saturated rings. The first-order valence-corrected chi connectivity index (χ1v) is 15.6. The van der Waals surface area contributed by atoms with E-state index in [1.54, 1.807) is 0 Å². The Labute approximate surface area is 256 Å². The standard InChI is InChI=1S/C36H43FN2O2.ClH/c37-33-19-20-36(29-14-4-1-5-15-29,30-16-6-2-7-17-30)32-27-39(26-31(32)33)35(40)25-28-13-8-9-18-34(28)41-24-12-23-38-21-10-3-11-22-38;/h1-2,4-9,13-18,31-33H,3,10-12,19-27H2;1H/t31-,32+,33+;/m0./s1. The van der Waals surface area contributed by atoms with Crippen LogP contribution in [0.25, 0.3) is 0 Å². The molecule has 4 nitrogen and oxygen atoms in total. The van der Waals surface area contributed by atoms with Gasteiger partial charge in [0.2, 0.25) is 5.91 Å². The zero-order chi connectivity index (χ0) is 28.1. The quantitative estimate of drug-likeness (QED) is 0.249. The molecule has 0 unspecified atom stereocenters. The third-order valence-electron chi connectivity index (χ3n) is 9.85. The minimum Gasteiger partial charge on any atom is -0.493 e. The molecule has 6 rings (SSSR count). The molecule has 2 saturated heterocycles. The number of halogens is 2. The first kappa shape index (κ1) is 30.6. The first-order chi connectivity index (χ1) is 20.1. The summed E-state index contributed by atoms with van der Waals surface area (Å²) < 4.78 is 21.8. The Morgan fingerprint density at radius 2 is 1.50 bits per heavy atom. The van der Waals surface area contributed by atoms with Crippen LogP contribution in [0.1, 0.15) is 55.2 Å². The second kappa shape index (κ2) is 14.1. The van der Waals surface area contributed by atoms with E-state index in [2.05, 4.69) is 53.4 Å². The highest BCUT2D eigenvalue weighted by atomic mass is 35.5. The fraction of sp³-hybridized carbons (Fsp3) is 0.472. The van der Waals surface area contributed by atoms with Crippen molar-refractivity contribution in [1.29, 1.82) is 0 Å². The van der Waals surface area contributed by atoms with Gasteiger partial charge in [-0.2, -0.15) is 0 Å². The number of carbonyl (C=O) groups is 1. The number of nitrogens with zero attached hydrogens (tertiary/aromatic N) is 2. The van der Waals surface area contributed by atoms with Crippen LogP contribution in [0, 0.1) is 11.8 Å². The van der Waals surface area contributed by atoms with Crippen LogP contribution in [0.2, 0.25) is 0 Å². The molecule has 1 saturated carbocycles. The van der Waals surface area contributed by atoms with Crippen LogP contribution in [0.4, 0.5) is 4.39 Å². The SMILES string of the molecule is Cl.O=C(Cc1ccccc1OCCCN1CCCCC1)N1C[C@@H]2[C@H](F)CCC(c3ccccc3)(c3ccccc3)[C@@H]2C1. The Morgan fingerprint density at radius 1 is 0.857 bits per heavy atom. The average molecular weight is 591 g/mol. The van der Waals surface area contributed by atoms with Gasteiger partial charge in [-0.05, 0) is 68.3 Å². The van der Waals surface area contributed by atoms with E-state index in [0.29, 0.717) is 26.1 Å². The maximum Gasteiger partial charge on any atom is 0.227 e. The number of piperidine rings is 1. The minimum atomic E-state index is -0.895. The highest BCUT2D eigenvalue weighted by Gasteiger charge is 2.55. The summed E-state index contributed by atoms with van der Waals surface area (Å²) in [4.78, 5) is 18.2. The van der Waals surface area contributed by atoms with Crippen molar-refractivity contribution in [3.8, 4) is 5.75 Å². The largest absolute Gasteiger partial charge is 0.493 e. The molecule has 0 N–H and O–H groups in total. The summed E-state index contributed by atoms with van der Waals surface area (Å²) in [5, 5.41) is 0. The van der Waals surface area contributed by atoms with Crippen molar-refractivity contribution in [3.63, 3.8) is 0 Å². The van der Waals surface area contributed by atoms with Crippen LogP contribution in [0.15, 0.2) is 84.9 Å². The predicted octanol–water partition coefficient (Wildman–Crippen LogP) is 7.10. The number of ether oxygens (including phenoxy) is 1. The van der Waals surface area contributed by atoms with Crippen molar-refractivity contribution < 1.29 is 13.9 Å². The molecule has 3 aliphatic rings. The number of fused-ring (bicyclic) bond motifs is 1. The van der Waals surface area contributed by atoms with Crippen LogP contribution in [-0.4, -0.2) is 61.2 Å². The van der Waals surface area contributed by atoms with Gasteiger partial charge in [0.15, 0.2) is 0 Å². The van der Waals surface area contributed by atoms with E-state index < -0.39 is 6.17 Å². The van der Waals surface area contributed by atoms with E-state index in [9.17, 15) is 4.79 Å². The highest BCUT2D eigenvalue weighted by Crippen LogP contribution is 2.54. The van der Waals surface area contributed by atoms with Gasteiger partial charge in [-0.15, -0.1) is 12.4 Å². The van der Waals surface area contributed by atoms with Gasteiger partial charge in [-0.1, -0.05) is 85.3 Å². The Hall–Kier alpha value is -2.89. The summed E-state index contributed by atoms with van der Waals surface area (Å²) >= 11 is 0. The van der Waals surface area contributed by atoms with E-state index in [1.165, 1.54) is 43.5 Å². The number of alkyl halides is 1. The average Bonchev–Trinajstić information content (AvgIpc) is 3.49. The molecule has 3 aromatic rings. The Balaban J connectivity index is 0.00000353. The van der Waals surface area contributed by atoms with Crippen molar-refractivity contribution in [2.45, 2.75) is 56.5 Å². The number of amides is 1. The topological polar surface area (TPSA) is 32.8 Å². The molecule has 1 aliphatic carbocycles. The number of carbonyl (C=O) groups excluding carboxylic acids is 1. The zero-order valence-corrected chi connectivity index (χ0v) is 25.3. The minimum absolute atomic E-state index is 0. The second-order valence-electron chi connectivity index (χ2n) is 12.2. The Bertz CT molecular complexity index is 1240. The number of hydrogen-bond donors (Lipinski definition) is 0. The van der Waals surface area contributed by atoms with Crippen LogP contribution in [0.3, 0.4) is 0 Å². The van der Waals surface area contributed by atoms with Gasteiger partial charge >= 0.3 is 0 Å². The molecule has 0 radical (unpaired) electrons. The lowest BCUT2D eigenvalue weighted by Gasteiger charge is -2.47. The first-order valence-electron chi connectivity index (χ1n) is 15.6. The van der Waals surface area contributed by atoms with Crippen molar-refractivity contribution in [2.75, 3.05) is 39.3 Å². The van der Waals surface area contributed by atoms with Crippen LogP contribution >= 0.6 is 12.4 Å². The molecule has 2 heterocycles. The summed E-state index contributed by atoms with van der Waals surface area (Å²) in [5.74, 6) is 0.712. The maximum absolute atomic E-state index is 15.6. The normalized spacial score (nSPS) is 23.5. The summed E-state index contributed by atoms with van der Waals surface area (Å²) in [5.41, 5.74) is 3.07. The van der Waals surface area contributed by atoms with E-state index in [4.69, 9.17) is 4.74 Å². The number of hydrogen-bond acceptors (Lipinski definition) is 3. The lowest BCUT2D eigenvalue weighted by molar-refractivity contribution is -0.129. The van der Waals surface area contributed by atoms with E-state index in [1.807, 2.05) is 41.3 Å². The monoisotopic (exact) mass is 590 g/mol. The van der Waals surface area contributed by atoms with E-state index >= 15 is 4.39 Å². The summed E-state index contributed by atoms with van der Waals surface area (Å²) in [6.45, 7) is 5.15. The van der Waals surface area contributed by atoms with Gasteiger partial charge in [-0.25, -0.2) is 4.39 Å². The van der Waals surface area contributed by atoms with Gasteiger partial charge in [-0.3, -0.25) is 4.79 Å². The van der Waals surface area contributed by atoms with Crippen molar-refractivity contribution in [2.24, 2.45) is 11.8 Å². The molecular weight excluding hydrogens is 547 g/mol.